The highest BCUT2D eigenvalue weighted by Gasteiger charge is 2.17. The van der Waals surface area contributed by atoms with E-state index in [9.17, 15) is 4.79 Å². The lowest BCUT2D eigenvalue weighted by molar-refractivity contribution is 0.0524. The summed E-state index contributed by atoms with van der Waals surface area (Å²) < 4.78 is 6.10. The van der Waals surface area contributed by atoms with E-state index in [1.54, 1.807) is 13.0 Å². The first-order valence-corrected chi connectivity index (χ1v) is 7.76. The van der Waals surface area contributed by atoms with Crippen molar-refractivity contribution in [1.29, 1.82) is 0 Å². The molecule has 0 saturated carbocycles. The number of aromatic nitrogens is 1. The van der Waals surface area contributed by atoms with Crippen LogP contribution in [0.15, 0.2) is 40.9 Å². The zero-order valence-electron chi connectivity index (χ0n) is 12.4. The van der Waals surface area contributed by atoms with Crippen LogP contribution in [-0.2, 0) is 4.74 Å². The largest absolute Gasteiger partial charge is 0.462 e. The lowest BCUT2D eigenvalue weighted by Crippen LogP contribution is -2.11. The molecule has 2 rings (SSSR count). The van der Waals surface area contributed by atoms with Crippen LogP contribution in [0.3, 0.4) is 0 Å². The summed E-state index contributed by atoms with van der Waals surface area (Å²) in [7, 11) is 0. The number of carbonyl (C=O) groups is 1. The third kappa shape index (κ3) is 3.70. The highest BCUT2D eigenvalue weighted by molar-refractivity contribution is 9.10. The predicted octanol–water partition coefficient (Wildman–Crippen LogP) is 4.81. The van der Waals surface area contributed by atoms with Crippen molar-refractivity contribution in [3.8, 4) is 11.3 Å². The number of carbonyl (C=O) groups excluding carboxylic acids is 1. The molecule has 110 valence electrons. The van der Waals surface area contributed by atoms with Gasteiger partial charge in [-0.1, -0.05) is 41.9 Å². The molecule has 1 aromatic heterocycles. The van der Waals surface area contributed by atoms with E-state index >= 15 is 0 Å². The van der Waals surface area contributed by atoms with Gasteiger partial charge in [-0.3, -0.25) is 4.98 Å². The lowest BCUT2D eigenvalue weighted by atomic mass is 10.0. The molecule has 0 bridgehead atoms. The van der Waals surface area contributed by atoms with Gasteiger partial charge in [0, 0.05) is 10.0 Å². The average Bonchev–Trinajstić information content (AvgIpc) is 2.46. The van der Waals surface area contributed by atoms with Gasteiger partial charge in [-0.2, -0.15) is 0 Å². The lowest BCUT2D eigenvalue weighted by Gasteiger charge is -2.13. The zero-order valence-corrected chi connectivity index (χ0v) is 14.0. The number of halogens is 1. The highest BCUT2D eigenvalue weighted by Crippen LogP contribution is 2.26. The van der Waals surface area contributed by atoms with E-state index < -0.39 is 0 Å². The van der Waals surface area contributed by atoms with Crippen LogP contribution in [-0.4, -0.2) is 17.6 Å². The molecule has 0 fully saturated rings. The Labute approximate surface area is 133 Å². The molecular formula is C17H18BrNO2. The number of nitrogens with zero attached hydrogens (tertiary/aromatic N) is 1. The van der Waals surface area contributed by atoms with Crippen LogP contribution in [0.5, 0.6) is 0 Å². The molecule has 2 aromatic rings. The standard InChI is InChI=1S/C17H18BrNO2/c1-4-21-17(20)14-8-9-15(19-16(14)11(2)3)12-6-5-7-13(18)10-12/h5-11H,4H2,1-3H3. The first-order valence-electron chi connectivity index (χ1n) is 6.97. The van der Waals surface area contributed by atoms with Crippen molar-refractivity contribution in [3.63, 3.8) is 0 Å². The van der Waals surface area contributed by atoms with Crippen LogP contribution < -0.4 is 0 Å². The molecule has 3 nitrogen and oxygen atoms in total. The molecule has 1 heterocycles. The van der Waals surface area contributed by atoms with E-state index in [0.717, 1.165) is 21.4 Å². The Balaban J connectivity index is 2.48. The maximum absolute atomic E-state index is 12.0. The average molecular weight is 348 g/mol. The summed E-state index contributed by atoms with van der Waals surface area (Å²) >= 11 is 3.46. The molecule has 0 amide bonds. The van der Waals surface area contributed by atoms with Crippen molar-refractivity contribution < 1.29 is 9.53 Å². The molecule has 0 aliphatic carbocycles. The molecule has 1 aromatic carbocycles. The minimum Gasteiger partial charge on any atom is -0.462 e. The van der Waals surface area contributed by atoms with Gasteiger partial charge in [-0.05, 0) is 37.1 Å². The van der Waals surface area contributed by atoms with Crippen molar-refractivity contribution in [2.24, 2.45) is 0 Å². The SMILES string of the molecule is CCOC(=O)c1ccc(-c2cccc(Br)c2)nc1C(C)C. The Morgan fingerprint density at radius 3 is 2.67 bits per heavy atom. The van der Waals surface area contributed by atoms with Crippen LogP contribution in [0.2, 0.25) is 0 Å². The van der Waals surface area contributed by atoms with Crippen molar-refractivity contribution in [1.82, 2.24) is 4.98 Å². The normalized spacial score (nSPS) is 10.7. The van der Waals surface area contributed by atoms with Gasteiger partial charge in [0.2, 0.25) is 0 Å². The second kappa shape index (κ2) is 6.85. The summed E-state index contributed by atoms with van der Waals surface area (Å²) in [6, 6.07) is 11.6. The number of ether oxygens (including phenoxy) is 1. The molecule has 0 radical (unpaired) electrons. The topological polar surface area (TPSA) is 39.2 Å². The quantitative estimate of drug-likeness (QED) is 0.745. The summed E-state index contributed by atoms with van der Waals surface area (Å²) in [6.45, 7) is 6.21. The van der Waals surface area contributed by atoms with Gasteiger partial charge in [-0.15, -0.1) is 0 Å². The number of rotatable bonds is 4. The van der Waals surface area contributed by atoms with Gasteiger partial charge < -0.3 is 4.74 Å². The van der Waals surface area contributed by atoms with Crippen molar-refractivity contribution in [2.45, 2.75) is 26.7 Å². The minimum atomic E-state index is -0.311. The minimum absolute atomic E-state index is 0.150. The second-order valence-corrected chi connectivity index (χ2v) is 5.93. The number of hydrogen-bond donors (Lipinski definition) is 0. The molecule has 0 aliphatic rings. The molecule has 0 saturated heterocycles. The van der Waals surface area contributed by atoms with E-state index in [2.05, 4.69) is 20.9 Å². The number of esters is 1. The van der Waals surface area contributed by atoms with Gasteiger partial charge in [0.05, 0.1) is 23.6 Å². The summed E-state index contributed by atoms with van der Waals surface area (Å²) in [5, 5.41) is 0. The number of hydrogen-bond acceptors (Lipinski definition) is 3. The monoisotopic (exact) mass is 347 g/mol. The summed E-state index contributed by atoms with van der Waals surface area (Å²) in [6.07, 6.45) is 0. The maximum atomic E-state index is 12.0. The first-order chi connectivity index (χ1) is 10.0. The van der Waals surface area contributed by atoms with Crippen molar-refractivity contribution >= 4 is 21.9 Å². The van der Waals surface area contributed by atoms with E-state index in [-0.39, 0.29) is 11.9 Å². The van der Waals surface area contributed by atoms with Crippen LogP contribution >= 0.6 is 15.9 Å². The van der Waals surface area contributed by atoms with Crippen molar-refractivity contribution in [2.75, 3.05) is 6.61 Å². The van der Waals surface area contributed by atoms with E-state index in [1.165, 1.54) is 0 Å². The molecule has 21 heavy (non-hydrogen) atoms. The third-order valence-electron chi connectivity index (χ3n) is 3.09. The van der Waals surface area contributed by atoms with Gasteiger partial charge in [0.15, 0.2) is 0 Å². The van der Waals surface area contributed by atoms with Crippen molar-refractivity contribution in [3.05, 3.63) is 52.1 Å². The second-order valence-electron chi connectivity index (χ2n) is 5.01. The molecular weight excluding hydrogens is 330 g/mol. The van der Waals surface area contributed by atoms with Gasteiger partial charge in [-0.25, -0.2) is 4.79 Å². The van der Waals surface area contributed by atoms with E-state index in [1.807, 2.05) is 44.2 Å². The fraction of sp³-hybridized carbons (Fsp3) is 0.294. The van der Waals surface area contributed by atoms with Crippen LogP contribution in [0.1, 0.15) is 42.7 Å². The van der Waals surface area contributed by atoms with E-state index in [0.29, 0.717) is 12.2 Å². The molecule has 0 unspecified atom stereocenters. The smallest absolute Gasteiger partial charge is 0.339 e. The van der Waals surface area contributed by atoms with Crippen LogP contribution in [0.25, 0.3) is 11.3 Å². The Hall–Kier alpha value is -1.68. The van der Waals surface area contributed by atoms with E-state index in [4.69, 9.17) is 4.74 Å². The molecule has 0 N–H and O–H groups in total. The highest BCUT2D eigenvalue weighted by atomic mass is 79.9. The summed E-state index contributed by atoms with van der Waals surface area (Å²) in [4.78, 5) is 16.7. The Morgan fingerprint density at radius 1 is 1.29 bits per heavy atom. The van der Waals surface area contributed by atoms with Gasteiger partial charge >= 0.3 is 5.97 Å². The van der Waals surface area contributed by atoms with Gasteiger partial charge in [0.1, 0.15) is 0 Å². The Kier molecular flexibility index (Phi) is 5.12. The molecule has 0 atom stereocenters. The first kappa shape index (κ1) is 15.7. The van der Waals surface area contributed by atoms with Crippen LogP contribution in [0, 0.1) is 0 Å². The fourth-order valence-corrected chi connectivity index (χ4v) is 2.50. The van der Waals surface area contributed by atoms with Crippen LogP contribution in [0.4, 0.5) is 0 Å². The maximum Gasteiger partial charge on any atom is 0.339 e. The Bertz CT molecular complexity index is 653. The molecule has 0 aliphatic heterocycles. The number of pyridine rings is 1. The molecule has 4 heteroatoms. The summed E-state index contributed by atoms with van der Waals surface area (Å²) in [5.74, 6) is -0.161. The Morgan fingerprint density at radius 2 is 2.05 bits per heavy atom. The zero-order chi connectivity index (χ0) is 15.4. The predicted molar refractivity (Wildman–Crippen MR) is 87.4 cm³/mol. The van der Waals surface area contributed by atoms with Gasteiger partial charge in [0.25, 0.3) is 0 Å². The fourth-order valence-electron chi connectivity index (χ4n) is 2.11. The third-order valence-corrected chi connectivity index (χ3v) is 3.58. The number of benzene rings is 1. The summed E-state index contributed by atoms with van der Waals surface area (Å²) in [5.41, 5.74) is 3.19. The molecule has 0 spiro atoms.